The van der Waals surface area contributed by atoms with Gasteiger partial charge in [0, 0.05) is 19.6 Å². The van der Waals surface area contributed by atoms with Crippen LogP contribution in [0.3, 0.4) is 0 Å². The number of nitrogens with one attached hydrogen (secondary N) is 1. The zero-order valence-corrected chi connectivity index (χ0v) is 12.8. The molecule has 1 atom stereocenters. The van der Waals surface area contributed by atoms with E-state index < -0.39 is 5.60 Å². The van der Waals surface area contributed by atoms with Gasteiger partial charge in [-0.15, -0.1) is 0 Å². The maximum atomic E-state index is 5.61. The Labute approximate surface area is 116 Å². The van der Waals surface area contributed by atoms with Gasteiger partial charge < -0.3 is 14.6 Å². The van der Waals surface area contributed by atoms with Crippen LogP contribution in [0.2, 0.25) is 0 Å². The Bertz CT molecular complexity index is 353. The molecule has 5 nitrogen and oxygen atoms in total. The molecule has 0 bridgehead atoms. The topological polar surface area (TPSA) is 60.2 Å². The van der Waals surface area contributed by atoms with Gasteiger partial charge in [-0.3, -0.25) is 0 Å². The molecule has 0 aliphatic carbocycles. The van der Waals surface area contributed by atoms with Crippen molar-refractivity contribution in [2.45, 2.75) is 65.0 Å². The fourth-order valence-corrected chi connectivity index (χ4v) is 2.33. The summed E-state index contributed by atoms with van der Waals surface area (Å²) < 4.78 is 11.0. The van der Waals surface area contributed by atoms with Crippen molar-refractivity contribution in [3.8, 4) is 0 Å². The smallest absolute Gasteiger partial charge is 0.228 e. The van der Waals surface area contributed by atoms with Gasteiger partial charge in [0.15, 0.2) is 0 Å². The second-order valence-corrected chi connectivity index (χ2v) is 4.78. The molecule has 0 aliphatic rings. The van der Waals surface area contributed by atoms with Crippen molar-refractivity contribution in [3.63, 3.8) is 0 Å². The zero-order chi connectivity index (χ0) is 14.3. The second kappa shape index (κ2) is 7.60. The summed E-state index contributed by atoms with van der Waals surface area (Å²) in [6, 6.07) is 0.387. The Kier molecular flexibility index (Phi) is 6.45. The van der Waals surface area contributed by atoms with Crippen LogP contribution in [0.15, 0.2) is 4.52 Å². The van der Waals surface area contributed by atoms with Crippen LogP contribution in [0.25, 0.3) is 0 Å². The van der Waals surface area contributed by atoms with E-state index in [4.69, 9.17) is 9.26 Å². The summed E-state index contributed by atoms with van der Waals surface area (Å²) in [4.78, 5) is 4.52. The number of ether oxygens (including phenoxy) is 1. The summed E-state index contributed by atoms with van der Waals surface area (Å²) >= 11 is 0. The molecule has 0 saturated carbocycles. The van der Waals surface area contributed by atoms with Crippen LogP contribution in [0.1, 0.15) is 58.7 Å². The van der Waals surface area contributed by atoms with Crippen molar-refractivity contribution < 1.29 is 9.26 Å². The summed E-state index contributed by atoms with van der Waals surface area (Å²) in [7, 11) is 1.70. The third-order valence-electron chi connectivity index (χ3n) is 3.82. The number of rotatable bonds is 9. The van der Waals surface area contributed by atoms with Crippen molar-refractivity contribution in [2.24, 2.45) is 0 Å². The van der Waals surface area contributed by atoms with Gasteiger partial charge in [-0.05, 0) is 25.8 Å². The number of hydrogen-bond donors (Lipinski definition) is 1. The quantitative estimate of drug-likeness (QED) is 0.747. The molecular weight excluding hydrogens is 242 g/mol. The molecule has 0 spiro atoms. The van der Waals surface area contributed by atoms with Gasteiger partial charge in [-0.2, -0.15) is 4.98 Å². The number of likely N-dealkylation sites (N-methyl/N-ethyl adjacent to an activating group) is 1. The maximum absolute atomic E-state index is 5.61. The molecule has 1 rings (SSSR count). The third kappa shape index (κ3) is 3.76. The summed E-state index contributed by atoms with van der Waals surface area (Å²) in [5.74, 6) is 1.35. The van der Waals surface area contributed by atoms with Gasteiger partial charge in [0.1, 0.15) is 5.60 Å². The van der Waals surface area contributed by atoms with E-state index in [1.165, 1.54) is 0 Å². The molecule has 5 heteroatoms. The molecule has 0 fully saturated rings. The molecule has 110 valence electrons. The minimum atomic E-state index is -0.415. The van der Waals surface area contributed by atoms with Crippen LogP contribution in [0.4, 0.5) is 0 Å². The average molecular weight is 269 g/mol. The average Bonchev–Trinajstić information content (AvgIpc) is 2.90. The predicted octanol–water partition coefficient (Wildman–Crippen LogP) is 2.66. The van der Waals surface area contributed by atoms with E-state index in [-0.39, 0.29) is 0 Å². The van der Waals surface area contributed by atoms with Crippen LogP contribution in [-0.2, 0) is 16.8 Å². The van der Waals surface area contributed by atoms with Crippen molar-refractivity contribution in [3.05, 3.63) is 11.7 Å². The Morgan fingerprint density at radius 3 is 2.42 bits per heavy atom. The molecule has 1 aromatic heterocycles. The lowest BCUT2D eigenvalue weighted by Gasteiger charge is -2.25. The molecule has 0 aliphatic heterocycles. The van der Waals surface area contributed by atoms with E-state index in [0.717, 1.165) is 32.2 Å². The van der Waals surface area contributed by atoms with E-state index >= 15 is 0 Å². The van der Waals surface area contributed by atoms with Crippen LogP contribution >= 0.6 is 0 Å². The Balaban J connectivity index is 2.81. The van der Waals surface area contributed by atoms with Crippen LogP contribution in [-0.4, -0.2) is 29.8 Å². The molecule has 1 heterocycles. The number of methoxy groups -OCH3 is 1. The van der Waals surface area contributed by atoms with E-state index in [1.54, 1.807) is 7.11 Å². The van der Waals surface area contributed by atoms with Crippen LogP contribution < -0.4 is 5.32 Å². The fraction of sp³-hybridized carbons (Fsp3) is 0.857. The van der Waals surface area contributed by atoms with Crippen molar-refractivity contribution in [2.75, 3.05) is 13.7 Å². The van der Waals surface area contributed by atoms with Gasteiger partial charge in [0.05, 0.1) is 0 Å². The molecule has 1 N–H and O–H groups in total. The zero-order valence-electron chi connectivity index (χ0n) is 12.8. The molecule has 0 radical (unpaired) electrons. The Hall–Kier alpha value is -0.940. The summed E-state index contributed by atoms with van der Waals surface area (Å²) in [6.45, 7) is 9.37. The van der Waals surface area contributed by atoms with Gasteiger partial charge in [-0.1, -0.05) is 32.9 Å². The van der Waals surface area contributed by atoms with E-state index in [9.17, 15) is 0 Å². The van der Waals surface area contributed by atoms with E-state index in [2.05, 4.69) is 43.2 Å². The number of aromatic nitrogens is 2. The van der Waals surface area contributed by atoms with Crippen LogP contribution in [0, 0.1) is 0 Å². The first-order chi connectivity index (χ1) is 9.15. The molecule has 0 amide bonds. The molecule has 1 aromatic rings. The highest BCUT2D eigenvalue weighted by Crippen LogP contribution is 2.30. The maximum Gasteiger partial charge on any atom is 0.228 e. The molecule has 1 unspecified atom stereocenters. The minimum Gasteiger partial charge on any atom is -0.370 e. The summed E-state index contributed by atoms with van der Waals surface area (Å²) in [5, 5.41) is 7.52. The lowest BCUT2D eigenvalue weighted by atomic mass is 9.96. The fourth-order valence-electron chi connectivity index (χ4n) is 2.33. The normalized spacial score (nSPS) is 13.7. The first kappa shape index (κ1) is 16.1. The highest BCUT2D eigenvalue weighted by atomic mass is 16.5. The number of nitrogens with zero attached hydrogens (tertiary/aromatic N) is 2. The molecule has 0 aromatic carbocycles. The lowest BCUT2D eigenvalue weighted by molar-refractivity contribution is -0.0306. The van der Waals surface area contributed by atoms with Crippen molar-refractivity contribution >= 4 is 0 Å². The Morgan fingerprint density at radius 1 is 1.26 bits per heavy atom. The first-order valence-electron chi connectivity index (χ1n) is 7.27. The standard InChI is InChI=1S/C14H27N3O2/c1-6-11(15-9-4)10-12-16-13(17-19-12)14(7-2,8-3)18-5/h11,15H,6-10H2,1-5H3. The first-order valence-corrected chi connectivity index (χ1v) is 7.27. The molecule has 0 saturated heterocycles. The van der Waals surface area contributed by atoms with Gasteiger partial charge in [0.2, 0.25) is 11.7 Å². The third-order valence-corrected chi connectivity index (χ3v) is 3.82. The second-order valence-electron chi connectivity index (χ2n) is 4.78. The van der Waals surface area contributed by atoms with E-state index in [1.807, 2.05) is 0 Å². The SMILES string of the molecule is CCNC(CC)Cc1nc(C(CC)(CC)OC)no1. The summed E-state index contributed by atoms with van der Waals surface area (Å²) in [5.41, 5.74) is -0.415. The summed E-state index contributed by atoms with van der Waals surface area (Å²) in [6.07, 6.45) is 3.49. The number of hydrogen-bond acceptors (Lipinski definition) is 5. The van der Waals surface area contributed by atoms with Crippen LogP contribution in [0.5, 0.6) is 0 Å². The molecule has 19 heavy (non-hydrogen) atoms. The van der Waals surface area contributed by atoms with Crippen molar-refractivity contribution in [1.29, 1.82) is 0 Å². The monoisotopic (exact) mass is 269 g/mol. The Morgan fingerprint density at radius 2 is 1.95 bits per heavy atom. The highest BCUT2D eigenvalue weighted by Gasteiger charge is 2.33. The van der Waals surface area contributed by atoms with E-state index in [0.29, 0.717) is 17.8 Å². The molecular formula is C14H27N3O2. The predicted molar refractivity (Wildman–Crippen MR) is 75.0 cm³/mol. The van der Waals surface area contributed by atoms with Gasteiger partial charge >= 0.3 is 0 Å². The van der Waals surface area contributed by atoms with Gasteiger partial charge in [-0.25, -0.2) is 0 Å². The van der Waals surface area contributed by atoms with Gasteiger partial charge in [0.25, 0.3) is 0 Å². The van der Waals surface area contributed by atoms with Crippen molar-refractivity contribution in [1.82, 2.24) is 15.5 Å². The lowest BCUT2D eigenvalue weighted by Crippen LogP contribution is -2.30. The minimum absolute atomic E-state index is 0.387. The highest BCUT2D eigenvalue weighted by molar-refractivity contribution is 5.01. The largest absolute Gasteiger partial charge is 0.370 e.